The SMILES string of the molecule is CO[C@@H]1O[C@H](COC(C)=O)[C@H](OC(C)=O)[C@H](OS(=O)(=O)O)[C@H]1OC(C)=O. The minimum atomic E-state index is -5.05. The van der Waals surface area contributed by atoms with Crippen molar-refractivity contribution in [1.29, 1.82) is 0 Å². The van der Waals surface area contributed by atoms with E-state index in [0.717, 1.165) is 20.8 Å². The first kappa shape index (κ1) is 22.2. The van der Waals surface area contributed by atoms with Crippen molar-refractivity contribution in [2.75, 3.05) is 13.7 Å². The first-order chi connectivity index (χ1) is 11.9. The highest BCUT2D eigenvalue weighted by Gasteiger charge is 2.53. The summed E-state index contributed by atoms with van der Waals surface area (Å²) < 4.78 is 61.2. The van der Waals surface area contributed by atoms with Gasteiger partial charge in [-0.3, -0.25) is 18.9 Å². The highest BCUT2D eigenvalue weighted by molar-refractivity contribution is 7.80. The molecular weight excluding hydrogens is 380 g/mol. The molecule has 26 heavy (non-hydrogen) atoms. The fourth-order valence-electron chi connectivity index (χ4n) is 2.30. The molecule has 0 aromatic heterocycles. The summed E-state index contributed by atoms with van der Waals surface area (Å²) in [6, 6.07) is 0. The van der Waals surface area contributed by atoms with E-state index in [4.69, 9.17) is 28.2 Å². The minimum absolute atomic E-state index is 0.453. The van der Waals surface area contributed by atoms with Crippen molar-refractivity contribution in [1.82, 2.24) is 0 Å². The molecule has 1 N–H and O–H groups in total. The maximum atomic E-state index is 11.4. The molecule has 13 heteroatoms. The predicted molar refractivity (Wildman–Crippen MR) is 79.8 cm³/mol. The molecule has 0 bridgehead atoms. The lowest BCUT2D eigenvalue weighted by Crippen LogP contribution is -2.62. The van der Waals surface area contributed by atoms with Crippen LogP contribution in [0, 0.1) is 0 Å². The molecule has 0 aliphatic carbocycles. The van der Waals surface area contributed by atoms with Crippen molar-refractivity contribution in [3.63, 3.8) is 0 Å². The van der Waals surface area contributed by atoms with E-state index in [-0.39, 0.29) is 0 Å². The van der Waals surface area contributed by atoms with Crippen molar-refractivity contribution in [2.24, 2.45) is 0 Å². The van der Waals surface area contributed by atoms with Gasteiger partial charge in [-0.05, 0) is 0 Å². The van der Waals surface area contributed by atoms with Crippen LogP contribution in [0.25, 0.3) is 0 Å². The predicted octanol–water partition coefficient (Wildman–Crippen LogP) is -1.03. The monoisotopic (exact) mass is 400 g/mol. The summed E-state index contributed by atoms with van der Waals surface area (Å²) in [5.74, 6) is -2.38. The van der Waals surface area contributed by atoms with Gasteiger partial charge in [0, 0.05) is 27.9 Å². The van der Waals surface area contributed by atoms with Crippen LogP contribution in [0.5, 0.6) is 0 Å². The Bertz CT molecular complexity index is 629. The third-order valence-corrected chi connectivity index (χ3v) is 3.58. The second kappa shape index (κ2) is 9.23. The van der Waals surface area contributed by atoms with Crippen LogP contribution < -0.4 is 0 Å². The molecule has 1 heterocycles. The van der Waals surface area contributed by atoms with Gasteiger partial charge in [-0.2, -0.15) is 8.42 Å². The van der Waals surface area contributed by atoms with Gasteiger partial charge < -0.3 is 23.7 Å². The Labute approximate surface area is 149 Å². The zero-order chi connectivity index (χ0) is 20.1. The normalized spacial score (nSPS) is 28.9. The fraction of sp³-hybridized carbons (Fsp3) is 0.769. The van der Waals surface area contributed by atoms with Gasteiger partial charge in [-0.25, -0.2) is 4.18 Å². The largest absolute Gasteiger partial charge is 0.463 e. The second-order valence-corrected chi connectivity index (χ2v) is 6.27. The number of esters is 3. The summed E-state index contributed by atoms with van der Waals surface area (Å²) in [5.41, 5.74) is 0. The first-order valence-electron chi connectivity index (χ1n) is 7.26. The fourth-order valence-corrected chi connectivity index (χ4v) is 2.80. The van der Waals surface area contributed by atoms with Crippen molar-refractivity contribution in [3.8, 4) is 0 Å². The summed E-state index contributed by atoms with van der Waals surface area (Å²) in [6.45, 7) is 2.72. The summed E-state index contributed by atoms with van der Waals surface area (Å²) >= 11 is 0. The van der Waals surface area contributed by atoms with Crippen LogP contribution in [0.4, 0.5) is 0 Å². The van der Waals surface area contributed by atoms with Crippen molar-refractivity contribution in [3.05, 3.63) is 0 Å². The molecular formula is C13H20O12S. The zero-order valence-electron chi connectivity index (χ0n) is 14.4. The molecule has 1 aliphatic rings. The quantitative estimate of drug-likeness (QED) is 0.315. The molecule has 0 aromatic carbocycles. The lowest BCUT2D eigenvalue weighted by Gasteiger charge is -2.43. The van der Waals surface area contributed by atoms with Crippen LogP contribution in [0.15, 0.2) is 0 Å². The van der Waals surface area contributed by atoms with E-state index in [9.17, 15) is 22.8 Å². The van der Waals surface area contributed by atoms with E-state index < -0.39 is 65.6 Å². The molecule has 12 nitrogen and oxygen atoms in total. The summed E-state index contributed by atoms with van der Waals surface area (Å²) in [7, 11) is -3.88. The van der Waals surface area contributed by atoms with Crippen LogP contribution in [-0.4, -0.2) is 75.3 Å². The van der Waals surface area contributed by atoms with Gasteiger partial charge in [-0.1, -0.05) is 0 Å². The third kappa shape index (κ3) is 6.84. The highest BCUT2D eigenvalue weighted by Crippen LogP contribution is 2.30. The molecule has 0 saturated carbocycles. The number of methoxy groups -OCH3 is 1. The molecule has 5 atom stereocenters. The van der Waals surface area contributed by atoms with Crippen molar-refractivity contribution >= 4 is 28.3 Å². The lowest BCUT2D eigenvalue weighted by atomic mass is 9.98. The molecule has 0 amide bonds. The Morgan fingerprint density at radius 3 is 1.92 bits per heavy atom. The summed E-state index contributed by atoms with van der Waals surface area (Å²) in [5, 5.41) is 0. The Kier molecular flexibility index (Phi) is 7.89. The van der Waals surface area contributed by atoms with Gasteiger partial charge in [-0.15, -0.1) is 0 Å². The average Bonchev–Trinajstić information content (AvgIpc) is 2.47. The Morgan fingerprint density at radius 1 is 0.962 bits per heavy atom. The van der Waals surface area contributed by atoms with Gasteiger partial charge in [0.1, 0.15) is 12.7 Å². The number of hydrogen-bond acceptors (Lipinski definition) is 11. The molecule has 150 valence electrons. The molecule has 1 rings (SSSR count). The second-order valence-electron chi connectivity index (χ2n) is 5.22. The van der Waals surface area contributed by atoms with Crippen LogP contribution in [0.1, 0.15) is 20.8 Å². The maximum absolute atomic E-state index is 11.4. The average molecular weight is 400 g/mol. The molecule has 0 unspecified atom stereocenters. The molecule has 0 aromatic rings. The number of ether oxygens (including phenoxy) is 5. The van der Waals surface area contributed by atoms with Gasteiger partial charge in [0.05, 0.1) is 0 Å². The molecule has 1 fully saturated rings. The number of carbonyl (C=O) groups is 3. The molecule has 0 radical (unpaired) electrons. The molecule has 1 aliphatic heterocycles. The van der Waals surface area contributed by atoms with Crippen LogP contribution in [0.3, 0.4) is 0 Å². The summed E-state index contributed by atoms with van der Waals surface area (Å²) in [6.07, 6.45) is -7.34. The van der Waals surface area contributed by atoms with Crippen molar-refractivity contribution in [2.45, 2.75) is 51.5 Å². The number of carbonyl (C=O) groups excluding carboxylic acids is 3. The topological polar surface area (TPSA) is 161 Å². The Morgan fingerprint density at radius 2 is 1.50 bits per heavy atom. The van der Waals surface area contributed by atoms with Crippen LogP contribution in [0.2, 0.25) is 0 Å². The van der Waals surface area contributed by atoms with Crippen LogP contribution >= 0.6 is 0 Å². The Hall–Kier alpha value is -1.80. The summed E-state index contributed by atoms with van der Waals surface area (Å²) in [4.78, 5) is 33.8. The van der Waals surface area contributed by atoms with E-state index >= 15 is 0 Å². The molecule has 0 spiro atoms. The smallest absolute Gasteiger partial charge is 0.397 e. The highest BCUT2D eigenvalue weighted by atomic mass is 32.3. The van der Waals surface area contributed by atoms with Gasteiger partial charge in [0.2, 0.25) is 0 Å². The van der Waals surface area contributed by atoms with Gasteiger partial charge in [0.25, 0.3) is 0 Å². The van der Waals surface area contributed by atoms with E-state index in [2.05, 4.69) is 4.18 Å². The van der Waals surface area contributed by atoms with E-state index in [0.29, 0.717) is 0 Å². The number of hydrogen-bond donors (Lipinski definition) is 1. The van der Waals surface area contributed by atoms with Crippen molar-refractivity contribution < 1.29 is 55.2 Å². The van der Waals surface area contributed by atoms with E-state index in [1.807, 2.05) is 0 Å². The third-order valence-electron chi connectivity index (χ3n) is 3.11. The minimum Gasteiger partial charge on any atom is -0.463 e. The van der Waals surface area contributed by atoms with Gasteiger partial charge in [0.15, 0.2) is 24.6 Å². The van der Waals surface area contributed by atoms with Gasteiger partial charge >= 0.3 is 28.3 Å². The van der Waals surface area contributed by atoms with Crippen LogP contribution in [-0.2, 0) is 52.7 Å². The zero-order valence-corrected chi connectivity index (χ0v) is 15.3. The number of rotatable bonds is 7. The standard InChI is InChI=1S/C13H20O12S/c1-6(14)21-5-9-10(22-7(2)15)11(25-26(17,18)19)12(23-8(3)16)13(20-4)24-9/h9-13H,5H2,1-4H3,(H,17,18,19)/t9-,10+,11+,12-,13-/m1/s1. The molecule has 1 saturated heterocycles. The lowest BCUT2D eigenvalue weighted by molar-refractivity contribution is -0.296. The first-order valence-corrected chi connectivity index (χ1v) is 8.63. The van der Waals surface area contributed by atoms with E-state index in [1.165, 1.54) is 7.11 Å². The Balaban J connectivity index is 3.28. The van der Waals surface area contributed by atoms with E-state index in [1.54, 1.807) is 0 Å². The maximum Gasteiger partial charge on any atom is 0.397 e.